The molecule has 1 saturated heterocycles. The fourth-order valence-electron chi connectivity index (χ4n) is 3.51. The Balaban J connectivity index is 1.60. The predicted molar refractivity (Wildman–Crippen MR) is 110 cm³/mol. The lowest BCUT2D eigenvalue weighted by atomic mass is 10.1. The predicted octanol–water partition coefficient (Wildman–Crippen LogP) is 3.84. The first kappa shape index (κ1) is 20.1. The van der Waals surface area contributed by atoms with E-state index in [0.717, 1.165) is 38.9 Å². The highest BCUT2D eigenvalue weighted by Gasteiger charge is 2.28. The molecule has 0 saturated carbocycles. The molecule has 2 aromatic rings. The molecule has 0 bridgehead atoms. The number of hydrogen-bond acceptors (Lipinski definition) is 3. The molecule has 1 aliphatic rings. The standard InChI is InChI=1S/C22H30N2O2S/c1-3-4-8-20-10-12-22(13-11-20)27(25,26)24-16-14-23(15-17-24)18-21-9-6-5-7-19(21)2/h5-7,9-13H,3-4,8,14-18H2,1-2H3. The van der Waals surface area contributed by atoms with Crippen molar-refractivity contribution in [1.29, 1.82) is 0 Å². The SMILES string of the molecule is CCCCc1ccc(S(=O)(=O)N2CCN(Cc3ccccc3C)CC2)cc1. The molecule has 0 aromatic heterocycles. The number of rotatable bonds is 7. The highest BCUT2D eigenvalue weighted by Crippen LogP contribution is 2.20. The maximum absolute atomic E-state index is 12.9. The van der Waals surface area contributed by atoms with Crippen molar-refractivity contribution in [2.24, 2.45) is 0 Å². The average Bonchev–Trinajstić information content (AvgIpc) is 2.69. The number of unbranched alkanes of at least 4 members (excludes halogenated alkanes) is 1. The maximum Gasteiger partial charge on any atom is 0.243 e. The molecular formula is C22H30N2O2S. The Bertz CT molecular complexity index is 839. The fraction of sp³-hybridized carbons (Fsp3) is 0.455. The van der Waals surface area contributed by atoms with Gasteiger partial charge in [-0.2, -0.15) is 4.31 Å². The van der Waals surface area contributed by atoms with E-state index in [1.807, 2.05) is 12.1 Å². The summed E-state index contributed by atoms with van der Waals surface area (Å²) in [5.41, 5.74) is 3.81. The van der Waals surface area contributed by atoms with E-state index in [0.29, 0.717) is 18.0 Å². The zero-order chi connectivity index (χ0) is 19.3. The molecule has 0 radical (unpaired) electrons. The Labute approximate surface area is 163 Å². The Morgan fingerprint density at radius 1 is 0.926 bits per heavy atom. The van der Waals surface area contributed by atoms with E-state index in [1.54, 1.807) is 16.4 Å². The molecule has 0 atom stereocenters. The molecule has 0 spiro atoms. The van der Waals surface area contributed by atoms with E-state index in [-0.39, 0.29) is 0 Å². The van der Waals surface area contributed by atoms with Gasteiger partial charge in [-0.3, -0.25) is 4.90 Å². The van der Waals surface area contributed by atoms with Crippen LogP contribution in [0.4, 0.5) is 0 Å². The summed E-state index contributed by atoms with van der Waals surface area (Å²) >= 11 is 0. The van der Waals surface area contributed by atoms with E-state index in [1.165, 1.54) is 16.7 Å². The molecule has 1 fully saturated rings. The minimum absolute atomic E-state index is 0.412. The first-order valence-electron chi connectivity index (χ1n) is 9.86. The van der Waals surface area contributed by atoms with Gasteiger partial charge in [0.05, 0.1) is 4.90 Å². The van der Waals surface area contributed by atoms with Crippen LogP contribution in [0.5, 0.6) is 0 Å². The topological polar surface area (TPSA) is 40.6 Å². The van der Waals surface area contributed by atoms with Crippen LogP contribution in [0, 0.1) is 6.92 Å². The zero-order valence-electron chi connectivity index (χ0n) is 16.4. The summed E-state index contributed by atoms with van der Waals surface area (Å²) in [5, 5.41) is 0. The van der Waals surface area contributed by atoms with Crippen LogP contribution in [0.15, 0.2) is 53.4 Å². The smallest absolute Gasteiger partial charge is 0.243 e. The number of nitrogens with zero attached hydrogens (tertiary/aromatic N) is 2. The molecule has 0 amide bonds. The number of hydrogen-bond donors (Lipinski definition) is 0. The van der Waals surface area contributed by atoms with Crippen molar-refractivity contribution in [2.45, 2.75) is 44.6 Å². The molecule has 0 aliphatic carbocycles. The molecular weight excluding hydrogens is 356 g/mol. The van der Waals surface area contributed by atoms with Crippen molar-refractivity contribution in [3.63, 3.8) is 0 Å². The molecule has 0 unspecified atom stereocenters. The van der Waals surface area contributed by atoms with Gasteiger partial charge >= 0.3 is 0 Å². The summed E-state index contributed by atoms with van der Waals surface area (Å²) < 4.78 is 27.5. The second-order valence-corrected chi connectivity index (χ2v) is 9.29. The summed E-state index contributed by atoms with van der Waals surface area (Å²) in [6, 6.07) is 15.8. The summed E-state index contributed by atoms with van der Waals surface area (Å²) in [6.07, 6.45) is 3.29. The van der Waals surface area contributed by atoms with Gasteiger partial charge < -0.3 is 0 Å². The Morgan fingerprint density at radius 2 is 1.59 bits per heavy atom. The molecule has 1 heterocycles. The third-order valence-electron chi connectivity index (χ3n) is 5.37. The third kappa shape index (κ3) is 4.98. The number of piperazine rings is 1. The highest BCUT2D eigenvalue weighted by molar-refractivity contribution is 7.89. The number of sulfonamides is 1. The van der Waals surface area contributed by atoms with Crippen molar-refractivity contribution in [3.05, 3.63) is 65.2 Å². The van der Waals surface area contributed by atoms with Gasteiger partial charge in [0.25, 0.3) is 0 Å². The van der Waals surface area contributed by atoms with E-state index in [2.05, 4.69) is 43.0 Å². The van der Waals surface area contributed by atoms with E-state index >= 15 is 0 Å². The normalized spacial score (nSPS) is 16.5. The molecule has 0 N–H and O–H groups in total. The van der Waals surface area contributed by atoms with Crippen LogP contribution >= 0.6 is 0 Å². The second-order valence-electron chi connectivity index (χ2n) is 7.35. The maximum atomic E-state index is 12.9. The van der Waals surface area contributed by atoms with Crippen LogP contribution in [-0.4, -0.2) is 43.8 Å². The van der Waals surface area contributed by atoms with Crippen molar-refractivity contribution < 1.29 is 8.42 Å². The van der Waals surface area contributed by atoms with E-state index in [9.17, 15) is 8.42 Å². The lowest BCUT2D eigenvalue weighted by molar-refractivity contribution is 0.181. The summed E-state index contributed by atoms with van der Waals surface area (Å²) in [6.45, 7) is 7.80. The largest absolute Gasteiger partial charge is 0.296 e. The van der Waals surface area contributed by atoms with Crippen molar-refractivity contribution >= 4 is 10.0 Å². The molecule has 27 heavy (non-hydrogen) atoms. The van der Waals surface area contributed by atoms with Gasteiger partial charge in [-0.1, -0.05) is 49.7 Å². The van der Waals surface area contributed by atoms with Gasteiger partial charge in [0, 0.05) is 32.7 Å². The van der Waals surface area contributed by atoms with Crippen LogP contribution in [0.3, 0.4) is 0 Å². The average molecular weight is 387 g/mol. The minimum Gasteiger partial charge on any atom is -0.296 e. The highest BCUT2D eigenvalue weighted by atomic mass is 32.2. The Morgan fingerprint density at radius 3 is 2.22 bits per heavy atom. The van der Waals surface area contributed by atoms with Crippen LogP contribution in [0.25, 0.3) is 0 Å². The molecule has 4 nitrogen and oxygen atoms in total. The van der Waals surface area contributed by atoms with Crippen LogP contribution in [0.2, 0.25) is 0 Å². The zero-order valence-corrected chi connectivity index (χ0v) is 17.2. The second kappa shape index (κ2) is 9.00. The van der Waals surface area contributed by atoms with Gasteiger partial charge in [0.15, 0.2) is 0 Å². The van der Waals surface area contributed by atoms with Crippen LogP contribution < -0.4 is 0 Å². The van der Waals surface area contributed by atoms with Crippen molar-refractivity contribution in [2.75, 3.05) is 26.2 Å². The van der Waals surface area contributed by atoms with Gasteiger partial charge in [0.2, 0.25) is 10.0 Å². The summed E-state index contributed by atoms with van der Waals surface area (Å²) in [4.78, 5) is 2.75. The molecule has 1 aliphatic heterocycles. The number of aryl methyl sites for hydroxylation is 2. The van der Waals surface area contributed by atoms with Gasteiger partial charge in [-0.15, -0.1) is 0 Å². The van der Waals surface area contributed by atoms with Gasteiger partial charge in [0.1, 0.15) is 0 Å². The van der Waals surface area contributed by atoms with Crippen molar-refractivity contribution in [3.8, 4) is 0 Å². The fourth-order valence-corrected chi connectivity index (χ4v) is 4.94. The molecule has 5 heteroatoms. The molecule has 146 valence electrons. The van der Waals surface area contributed by atoms with Gasteiger partial charge in [-0.25, -0.2) is 8.42 Å². The first-order chi connectivity index (χ1) is 13.0. The first-order valence-corrected chi connectivity index (χ1v) is 11.3. The van der Waals surface area contributed by atoms with Crippen molar-refractivity contribution in [1.82, 2.24) is 9.21 Å². The van der Waals surface area contributed by atoms with Crippen LogP contribution in [0.1, 0.15) is 36.5 Å². The summed E-state index contributed by atoms with van der Waals surface area (Å²) in [7, 11) is -3.40. The lowest BCUT2D eigenvalue weighted by Crippen LogP contribution is -2.48. The Kier molecular flexibility index (Phi) is 6.68. The third-order valence-corrected chi connectivity index (χ3v) is 7.28. The molecule has 2 aromatic carbocycles. The quantitative estimate of drug-likeness (QED) is 0.726. The van der Waals surface area contributed by atoms with Crippen LogP contribution in [-0.2, 0) is 23.0 Å². The van der Waals surface area contributed by atoms with E-state index < -0.39 is 10.0 Å². The minimum atomic E-state index is -3.40. The monoisotopic (exact) mass is 386 g/mol. The molecule has 3 rings (SSSR count). The number of benzene rings is 2. The lowest BCUT2D eigenvalue weighted by Gasteiger charge is -2.34. The Hall–Kier alpha value is -1.69. The van der Waals surface area contributed by atoms with Gasteiger partial charge in [-0.05, 0) is 48.6 Å². The summed E-state index contributed by atoms with van der Waals surface area (Å²) in [5.74, 6) is 0. The van der Waals surface area contributed by atoms with E-state index in [4.69, 9.17) is 0 Å².